The Labute approximate surface area is 73.3 Å². The van der Waals surface area contributed by atoms with E-state index in [-0.39, 0.29) is 34.4 Å². The first-order valence-electron chi connectivity index (χ1n) is 0.837. The van der Waals surface area contributed by atoms with Crippen LogP contribution >= 0.6 is 11.9 Å². The maximum Gasteiger partial charge on any atom is 0.413 e. The van der Waals surface area contributed by atoms with E-state index in [4.69, 9.17) is 4.55 Å². The third-order valence-electron chi connectivity index (χ3n) is 0.0796. The van der Waals surface area contributed by atoms with Gasteiger partial charge in [-0.1, -0.05) is 0 Å². The zero-order valence-electron chi connectivity index (χ0n) is 2.81. The third-order valence-corrected chi connectivity index (χ3v) is 0.716. The van der Waals surface area contributed by atoms with Gasteiger partial charge in [-0.3, -0.25) is 4.55 Å². The molecule has 0 saturated carbocycles. The summed E-state index contributed by atoms with van der Waals surface area (Å²) in [6.07, 6.45) is 0. The van der Waals surface area contributed by atoms with Crippen LogP contribution in [0.2, 0.25) is 0 Å². The van der Waals surface area contributed by atoms with E-state index in [1.165, 1.54) is 0 Å². The summed E-state index contributed by atoms with van der Waals surface area (Å²) in [5, 5.41) is 0. The summed E-state index contributed by atoms with van der Waals surface area (Å²) in [6.45, 7) is 0. The van der Waals surface area contributed by atoms with Crippen molar-refractivity contribution in [2.45, 2.75) is 0 Å². The molecule has 0 aliphatic heterocycles. The largest absolute Gasteiger partial charge is 0.413 e. The number of hydrogen-bond donors (Lipinski definition) is 1. The molecule has 0 aliphatic rings. The number of rotatable bonds is 1. The molecule has 0 rings (SSSR count). The van der Waals surface area contributed by atoms with Crippen molar-refractivity contribution in [1.29, 1.82) is 0 Å². The summed E-state index contributed by atoms with van der Waals surface area (Å²) in [4.78, 5) is 0. The van der Waals surface area contributed by atoms with Gasteiger partial charge in [0.2, 0.25) is 0 Å². The van der Waals surface area contributed by atoms with E-state index in [1.54, 1.807) is 0 Å². The Kier molecular flexibility index (Phi) is 12.7. The van der Waals surface area contributed by atoms with Crippen molar-refractivity contribution in [3.05, 3.63) is 0 Å². The normalized spacial score (nSPS) is 8.75. The summed E-state index contributed by atoms with van der Waals surface area (Å²) in [5.41, 5.74) is 0. The van der Waals surface area contributed by atoms with Gasteiger partial charge in [-0.05, 0) is 0 Å². The monoisotopic (exact) mass is 218 g/mol. The van der Waals surface area contributed by atoms with Gasteiger partial charge < -0.3 is 0 Å². The van der Waals surface area contributed by atoms with Crippen molar-refractivity contribution in [3.8, 4) is 0 Å². The minimum absolute atomic E-state index is 0. The molecule has 52 valence electrons. The summed E-state index contributed by atoms with van der Waals surface area (Å²) < 4.78 is 28.8. The molecule has 0 heterocycles. The Morgan fingerprint density at radius 2 is 1.62 bits per heavy atom. The van der Waals surface area contributed by atoms with Crippen LogP contribution in [0, 0.1) is 0 Å². The van der Waals surface area contributed by atoms with Crippen LogP contribution in [0.15, 0.2) is 0 Å². The fourth-order valence-electron chi connectivity index (χ4n) is 0. The molecule has 0 aromatic carbocycles. The van der Waals surface area contributed by atoms with Crippen LogP contribution in [-0.2, 0) is 31.2 Å². The van der Waals surface area contributed by atoms with Crippen LogP contribution in [0.5, 0.6) is 0 Å². The van der Waals surface area contributed by atoms with E-state index in [2.05, 4.69) is 15.6 Å². The molecule has 0 fully saturated rings. The van der Waals surface area contributed by atoms with Gasteiger partial charge in [-0.15, -0.1) is 3.74 Å². The molecular formula is H4AlClFeO4S. The number of hydrogen-bond acceptors (Lipinski definition) is 3. The first-order valence-corrected chi connectivity index (χ1v) is 2.51. The van der Waals surface area contributed by atoms with Gasteiger partial charge in [0.1, 0.15) is 0 Å². The molecule has 8 heteroatoms. The second-order valence-corrected chi connectivity index (χ2v) is 1.85. The van der Waals surface area contributed by atoms with Crippen LogP contribution in [0.4, 0.5) is 0 Å². The molecule has 0 saturated heterocycles. The van der Waals surface area contributed by atoms with E-state index in [9.17, 15) is 8.42 Å². The predicted octanol–water partition coefficient (Wildman–Crippen LogP) is -1.23. The molecule has 4 nitrogen and oxygen atoms in total. The standard InChI is InChI=1S/Al.ClHO4S.Fe.3H/c;1-5-6(2,3)4;;;;/h;(H,2,3,4);;;;. The van der Waals surface area contributed by atoms with Crippen LogP contribution < -0.4 is 0 Å². The maximum atomic E-state index is 9.20. The molecule has 0 aromatic heterocycles. The first kappa shape index (κ1) is 16.1. The Morgan fingerprint density at radius 3 is 1.62 bits per heavy atom. The molecule has 0 atom stereocenters. The van der Waals surface area contributed by atoms with Crippen molar-refractivity contribution >= 4 is 39.6 Å². The molecule has 0 aliphatic carbocycles. The van der Waals surface area contributed by atoms with E-state index < -0.39 is 10.4 Å². The zero-order valence-corrected chi connectivity index (χ0v) is 5.49. The van der Waals surface area contributed by atoms with E-state index >= 15 is 0 Å². The molecular weight excluding hydrogens is 214 g/mol. The first-order chi connectivity index (χ1) is 2.56. The fourth-order valence-corrected chi connectivity index (χ4v) is 0. The van der Waals surface area contributed by atoms with Crippen molar-refractivity contribution in [2.24, 2.45) is 0 Å². The average molecular weight is 218 g/mol. The third kappa shape index (κ3) is 15.7. The van der Waals surface area contributed by atoms with Crippen molar-refractivity contribution in [2.75, 3.05) is 0 Å². The summed E-state index contributed by atoms with van der Waals surface area (Å²) >= 11 is 4.14. The molecule has 0 spiro atoms. The van der Waals surface area contributed by atoms with E-state index in [1.807, 2.05) is 0 Å². The van der Waals surface area contributed by atoms with Crippen LogP contribution in [-0.4, -0.2) is 30.3 Å². The second kappa shape index (κ2) is 6.33. The van der Waals surface area contributed by atoms with E-state index in [0.29, 0.717) is 0 Å². The zero-order chi connectivity index (χ0) is 5.21. The van der Waals surface area contributed by atoms with Crippen LogP contribution in [0.3, 0.4) is 0 Å². The SMILES string of the molecule is O=S(=O)(O)OCl.[AlH3].[Fe]. The molecule has 0 bridgehead atoms. The topological polar surface area (TPSA) is 63.6 Å². The Balaban J connectivity index is -0.000000125. The van der Waals surface area contributed by atoms with Crippen LogP contribution in [0.1, 0.15) is 0 Å². The van der Waals surface area contributed by atoms with Gasteiger partial charge in [-0.2, -0.15) is 8.42 Å². The molecule has 0 amide bonds. The Morgan fingerprint density at radius 1 is 1.50 bits per heavy atom. The molecule has 8 heavy (non-hydrogen) atoms. The molecule has 0 aromatic rings. The smallest absolute Gasteiger partial charge is 0.263 e. The predicted molar refractivity (Wildman–Crippen MR) is 28.4 cm³/mol. The van der Waals surface area contributed by atoms with E-state index in [0.717, 1.165) is 0 Å². The van der Waals surface area contributed by atoms with Gasteiger partial charge in [-0.25, -0.2) is 0 Å². The second-order valence-electron chi connectivity index (χ2n) is 0.491. The minimum atomic E-state index is -4.40. The fraction of sp³-hybridized carbons (Fsp3) is 0. The summed E-state index contributed by atoms with van der Waals surface area (Å²) in [7, 11) is -4.40. The summed E-state index contributed by atoms with van der Waals surface area (Å²) in [6, 6.07) is 0. The minimum Gasteiger partial charge on any atom is -0.263 e. The van der Waals surface area contributed by atoms with Crippen LogP contribution in [0.25, 0.3) is 0 Å². The van der Waals surface area contributed by atoms with Gasteiger partial charge in [0.15, 0.2) is 17.4 Å². The quantitative estimate of drug-likeness (QED) is 0.442. The van der Waals surface area contributed by atoms with Gasteiger partial charge in [0.05, 0.1) is 11.9 Å². The molecule has 1 N–H and O–H groups in total. The van der Waals surface area contributed by atoms with Gasteiger partial charge in [0.25, 0.3) is 0 Å². The van der Waals surface area contributed by atoms with Crippen molar-refractivity contribution < 1.29 is 33.8 Å². The number of halogens is 1. The summed E-state index contributed by atoms with van der Waals surface area (Å²) in [5.74, 6) is 0. The molecule has 0 unspecified atom stereocenters. The maximum absolute atomic E-state index is 9.20. The molecule has 0 radical (unpaired) electrons. The van der Waals surface area contributed by atoms with Gasteiger partial charge in [0, 0.05) is 17.1 Å². The van der Waals surface area contributed by atoms with Gasteiger partial charge >= 0.3 is 10.4 Å². The van der Waals surface area contributed by atoms with Crippen molar-refractivity contribution in [3.63, 3.8) is 0 Å². The Bertz CT molecular complexity index is 118. The Hall–Kier alpha value is 1.21. The van der Waals surface area contributed by atoms with Crippen molar-refractivity contribution in [1.82, 2.24) is 0 Å². The average Bonchev–Trinajstić information content (AvgIpc) is 1.35.